The smallest absolute Gasteiger partial charge is 0.143 e. The lowest BCUT2D eigenvalue weighted by molar-refractivity contribution is -0.122. The van der Waals surface area contributed by atoms with E-state index in [1.807, 2.05) is 12.4 Å². The molecule has 0 amide bonds. The highest BCUT2D eigenvalue weighted by molar-refractivity contribution is 5.82. The van der Waals surface area contributed by atoms with Crippen molar-refractivity contribution in [2.24, 2.45) is 11.8 Å². The van der Waals surface area contributed by atoms with Gasteiger partial charge in [0.2, 0.25) is 0 Å². The number of aromatic nitrogens is 2. The number of rotatable bonds is 6. The lowest BCUT2D eigenvalue weighted by Crippen LogP contribution is -2.17. The number of hydrogen-bond acceptors (Lipinski definition) is 2. The average Bonchev–Trinajstić information content (AvgIpc) is 2.99. The van der Waals surface area contributed by atoms with Gasteiger partial charge in [-0.15, -0.1) is 0 Å². The van der Waals surface area contributed by atoms with Crippen LogP contribution in [-0.2, 0) is 17.8 Å². The van der Waals surface area contributed by atoms with Crippen LogP contribution >= 0.6 is 0 Å². The van der Waals surface area contributed by atoms with Crippen LogP contribution in [0.5, 0.6) is 0 Å². The first-order valence-corrected chi connectivity index (χ1v) is 7.27. The quantitative estimate of drug-likeness (QED) is 0.774. The van der Waals surface area contributed by atoms with E-state index >= 15 is 0 Å². The lowest BCUT2D eigenvalue weighted by Gasteiger charge is -2.10. The molecule has 1 aliphatic carbocycles. The number of carbonyl (C=O) groups is 1. The Kier molecular flexibility index (Phi) is 4.56. The summed E-state index contributed by atoms with van der Waals surface area (Å²) in [5.74, 6) is 2.41. The predicted octanol–water partition coefficient (Wildman–Crippen LogP) is 3.23. The van der Waals surface area contributed by atoms with E-state index in [0.717, 1.165) is 37.5 Å². The van der Waals surface area contributed by atoms with Crippen LogP contribution in [0, 0.1) is 11.8 Å². The third-order valence-corrected chi connectivity index (χ3v) is 4.17. The van der Waals surface area contributed by atoms with Crippen LogP contribution in [0.25, 0.3) is 0 Å². The minimum Gasteiger partial charge on any atom is -0.335 e. The van der Waals surface area contributed by atoms with Gasteiger partial charge in [-0.3, -0.25) is 4.79 Å². The number of hydrogen-bond donors (Lipinski definition) is 0. The van der Waals surface area contributed by atoms with Crippen LogP contribution in [0.4, 0.5) is 0 Å². The summed E-state index contributed by atoms with van der Waals surface area (Å²) >= 11 is 0. The average molecular weight is 248 g/mol. The Morgan fingerprint density at radius 3 is 2.94 bits per heavy atom. The second-order valence-electron chi connectivity index (χ2n) is 5.46. The topological polar surface area (TPSA) is 34.9 Å². The van der Waals surface area contributed by atoms with Gasteiger partial charge in [0.25, 0.3) is 0 Å². The zero-order valence-corrected chi connectivity index (χ0v) is 11.6. The fourth-order valence-corrected chi connectivity index (χ4v) is 2.99. The Labute approximate surface area is 110 Å². The van der Waals surface area contributed by atoms with Crippen LogP contribution in [-0.4, -0.2) is 15.3 Å². The first kappa shape index (κ1) is 13.3. The number of carbonyl (C=O) groups excluding carboxylic acids is 1. The van der Waals surface area contributed by atoms with E-state index in [2.05, 4.69) is 23.4 Å². The van der Waals surface area contributed by atoms with Gasteiger partial charge in [0, 0.05) is 24.9 Å². The molecule has 0 saturated heterocycles. The summed E-state index contributed by atoms with van der Waals surface area (Å²) in [4.78, 5) is 16.6. The van der Waals surface area contributed by atoms with Gasteiger partial charge in [-0.25, -0.2) is 4.98 Å². The van der Waals surface area contributed by atoms with Crippen LogP contribution in [0.2, 0.25) is 0 Å². The van der Waals surface area contributed by atoms with Crippen molar-refractivity contribution in [1.29, 1.82) is 0 Å². The molecule has 1 aromatic rings. The van der Waals surface area contributed by atoms with Crippen molar-refractivity contribution >= 4 is 5.78 Å². The van der Waals surface area contributed by atoms with Gasteiger partial charge >= 0.3 is 0 Å². The maximum absolute atomic E-state index is 12.3. The SMILES string of the molecule is CCCn1ccnc1CC(=O)C1CCC(CC)C1. The number of ketones is 1. The summed E-state index contributed by atoms with van der Waals surface area (Å²) in [6.45, 7) is 5.34. The molecular formula is C15H24N2O. The van der Waals surface area contributed by atoms with Crippen LogP contribution in [0.15, 0.2) is 12.4 Å². The van der Waals surface area contributed by atoms with Crippen LogP contribution in [0.3, 0.4) is 0 Å². The fraction of sp³-hybridized carbons (Fsp3) is 0.733. The van der Waals surface area contributed by atoms with Gasteiger partial charge < -0.3 is 4.57 Å². The molecule has 2 atom stereocenters. The summed E-state index contributed by atoms with van der Waals surface area (Å²) in [6.07, 6.45) is 10.0. The lowest BCUT2D eigenvalue weighted by atomic mass is 9.97. The Morgan fingerprint density at radius 1 is 1.44 bits per heavy atom. The molecular weight excluding hydrogens is 224 g/mol. The van der Waals surface area contributed by atoms with Crippen LogP contribution < -0.4 is 0 Å². The highest BCUT2D eigenvalue weighted by atomic mass is 16.1. The van der Waals surface area contributed by atoms with Gasteiger partial charge in [0.05, 0.1) is 6.42 Å². The van der Waals surface area contributed by atoms with Gasteiger partial charge in [0.15, 0.2) is 0 Å². The number of aryl methyl sites for hydroxylation is 1. The molecule has 0 aliphatic heterocycles. The largest absolute Gasteiger partial charge is 0.335 e. The van der Waals surface area contributed by atoms with Crippen molar-refractivity contribution in [2.75, 3.05) is 0 Å². The molecule has 0 N–H and O–H groups in total. The monoisotopic (exact) mass is 248 g/mol. The van der Waals surface area contributed by atoms with E-state index < -0.39 is 0 Å². The summed E-state index contributed by atoms with van der Waals surface area (Å²) in [5.41, 5.74) is 0. The molecule has 0 spiro atoms. The zero-order valence-electron chi connectivity index (χ0n) is 11.6. The molecule has 1 heterocycles. The third kappa shape index (κ3) is 3.01. The van der Waals surface area contributed by atoms with Crippen LogP contribution in [0.1, 0.15) is 51.8 Å². The van der Waals surface area contributed by atoms with E-state index in [4.69, 9.17) is 0 Å². The third-order valence-electron chi connectivity index (χ3n) is 4.17. The Morgan fingerprint density at radius 2 is 2.28 bits per heavy atom. The maximum Gasteiger partial charge on any atom is 0.143 e. The summed E-state index contributed by atoms with van der Waals surface area (Å²) < 4.78 is 2.12. The van der Waals surface area contributed by atoms with Gasteiger partial charge in [-0.05, 0) is 31.6 Å². The van der Waals surface area contributed by atoms with Crippen molar-refractivity contribution in [2.45, 2.75) is 58.9 Å². The number of Topliss-reactive ketones (excluding diaryl/α,β-unsaturated/α-hetero) is 1. The Hall–Kier alpha value is -1.12. The van der Waals surface area contributed by atoms with Crippen molar-refractivity contribution in [1.82, 2.24) is 9.55 Å². The van der Waals surface area contributed by atoms with E-state index in [9.17, 15) is 4.79 Å². The minimum atomic E-state index is 0.293. The number of imidazole rings is 1. The summed E-state index contributed by atoms with van der Waals surface area (Å²) in [6, 6.07) is 0. The molecule has 0 radical (unpaired) electrons. The molecule has 2 rings (SSSR count). The van der Waals surface area contributed by atoms with E-state index in [0.29, 0.717) is 18.1 Å². The normalized spacial score (nSPS) is 23.4. The molecule has 18 heavy (non-hydrogen) atoms. The van der Waals surface area contributed by atoms with Crippen molar-refractivity contribution in [3.63, 3.8) is 0 Å². The molecule has 1 saturated carbocycles. The predicted molar refractivity (Wildman–Crippen MR) is 72.4 cm³/mol. The summed E-state index contributed by atoms with van der Waals surface area (Å²) in [7, 11) is 0. The number of nitrogens with zero attached hydrogens (tertiary/aromatic N) is 2. The molecule has 0 bridgehead atoms. The maximum atomic E-state index is 12.3. The fourth-order valence-electron chi connectivity index (χ4n) is 2.99. The highest BCUT2D eigenvalue weighted by Gasteiger charge is 2.29. The molecule has 2 unspecified atom stereocenters. The van der Waals surface area contributed by atoms with Gasteiger partial charge in [0.1, 0.15) is 11.6 Å². The van der Waals surface area contributed by atoms with E-state index in [-0.39, 0.29) is 0 Å². The zero-order chi connectivity index (χ0) is 13.0. The molecule has 3 heteroatoms. The van der Waals surface area contributed by atoms with Gasteiger partial charge in [-0.1, -0.05) is 20.3 Å². The molecule has 0 aromatic carbocycles. The molecule has 100 valence electrons. The standard InChI is InChI=1S/C15H24N2O/c1-3-8-17-9-7-16-15(17)11-14(18)13-6-5-12(4-2)10-13/h7,9,12-13H,3-6,8,10-11H2,1-2H3. The summed E-state index contributed by atoms with van der Waals surface area (Å²) in [5, 5.41) is 0. The van der Waals surface area contributed by atoms with E-state index in [1.54, 1.807) is 0 Å². The minimum absolute atomic E-state index is 0.293. The van der Waals surface area contributed by atoms with Crippen molar-refractivity contribution in [3.8, 4) is 0 Å². The second kappa shape index (κ2) is 6.17. The Bertz CT molecular complexity index is 397. The second-order valence-corrected chi connectivity index (χ2v) is 5.46. The first-order valence-electron chi connectivity index (χ1n) is 7.27. The molecule has 1 fully saturated rings. The Balaban J connectivity index is 1.93. The van der Waals surface area contributed by atoms with E-state index in [1.165, 1.54) is 12.8 Å². The van der Waals surface area contributed by atoms with Crippen molar-refractivity contribution in [3.05, 3.63) is 18.2 Å². The molecule has 3 nitrogen and oxygen atoms in total. The first-order chi connectivity index (χ1) is 8.74. The van der Waals surface area contributed by atoms with Crippen molar-refractivity contribution < 1.29 is 4.79 Å². The molecule has 1 aliphatic rings. The van der Waals surface area contributed by atoms with Gasteiger partial charge in [-0.2, -0.15) is 0 Å². The highest BCUT2D eigenvalue weighted by Crippen LogP contribution is 2.33. The molecule has 1 aromatic heterocycles.